The standard InChI is InChI=1S/C14H20N2O3/c1-10-9-12(16(18)19)5-6-13(10)15-14-4-2-3-11(14)7-8-17/h5-6,9,11,14-15,17H,2-4,7-8H2,1H3. The molecule has 2 atom stereocenters. The van der Waals surface area contributed by atoms with Gasteiger partial charge in [0.25, 0.3) is 5.69 Å². The fourth-order valence-electron chi connectivity index (χ4n) is 2.86. The van der Waals surface area contributed by atoms with Gasteiger partial charge >= 0.3 is 0 Å². The van der Waals surface area contributed by atoms with Gasteiger partial charge in [-0.1, -0.05) is 6.42 Å². The molecule has 0 heterocycles. The lowest BCUT2D eigenvalue weighted by Crippen LogP contribution is -2.25. The van der Waals surface area contributed by atoms with E-state index in [1.54, 1.807) is 12.1 Å². The van der Waals surface area contributed by atoms with Gasteiger partial charge in [-0.2, -0.15) is 0 Å². The van der Waals surface area contributed by atoms with Gasteiger partial charge in [0.1, 0.15) is 0 Å². The molecule has 104 valence electrons. The summed E-state index contributed by atoms with van der Waals surface area (Å²) in [6.07, 6.45) is 4.24. The average molecular weight is 264 g/mol. The Bertz CT molecular complexity index is 462. The van der Waals surface area contributed by atoms with Crippen LogP contribution in [-0.2, 0) is 0 Å². The molecule has 0 bridgehead atoms. The number of nitro benzene ring substituents is 1. The zero-order valence-corrected chi connectivity index (χ0v) is 11.1. The summed E-state index contributed by atoms with van der Waals surface area (Å²) in [6, 6.07) is 5.28. The Labute approximate surface area is 112 Å². The second-order valence-corrected chi connectivity index (χ2v) is 5.21. The van der Waals surface area contributed by atoms with Crippen LogP contribution in [0.5, 0.6) is 0 Å². The van der Waals surface area contributed by atoms with Gasteiger partial charge in [0.05, 0.1) is 4.92 Å². The number of rotatable bonds is 5. The molecule has 0 amide bonds. The molecule has 1 aliphatic carbocycles. The van der Waals surface area contributed by atoms with Gasteiger partial charge in [0, 0.05) is 30.5 Å². The van der Waals surface area contributed by atoms with Crippen LogP contribution >= 0.6 is 0 Å². The van der Waals surface area contributed by atoms with Crippen LogP contribution in [0.4, 0.5) is 11.4 Å². The lowest BCUT2D eigenvalue weighted by molar-refractivity contribution is -0.384. The molecule has 5 nitrogen and oxygen atoms in total. The smallest absolute Gasteiger partial charge is 0.269 e. The Morgan fingerprint density at radius 1 is 1.47 bits per heavy atom. The van der Waals surface area contributed by atoms with E-state index in [1.165, 1.54) is 12.5 Å². The molecule has 0 aromatic heterocycles. The zero-order chi connectivity index (χ0) is 13.8. The van der Waals surface area contributed by atoms with Gasteiger partial charge in [0.15, 0.2) is 0 Å². The molecule has 1 aliphatic rings. The summed E-state index contributed by atoms with van der Waals surface area (Å²) >= 11 is 0. The third kappa shape index (κ3) is 3.23. The molecule has 2 unspecified atom stereocenters. The van der Waals surface area contributed by atoms with Crippen molar-refractivity contribution in [1.82, 2.24) is 0 Å². The van der Waals surface area contributed by atoms with Crippen molar-refractivity contribution in [1.29, 1.82) is 0 Å². The number of non-ortho nitro benzene ring substituents is 1. The van der Waals surface area contributed by atoms with Gasteiger partial charge < -0.3 is 10.4 Å². The van der Waals surface area contributed by atoms with E-state index in [4.69, 9.17) is 5.11 Å². The molecule has 2 rings (SSSR count). The summed E-state index contributed by atoms with van der Waals surface area (Å²) in [7, 11) is 0. The highest BCUT2D eigenvalue weighted by atomic mass is 16.6. The number of aryl methyl sites for hydroxylation is 1. The first-order valence-electron chi connectivity index (χ1n) is 6.74. The summed E-state index contributed by atoms with van der Waals surface area (Å²) in [6.45, 7) is 2.10. The predicted octanol–water partition coefficient (Wildman–Crippen LogP) is 2.87. The van der Waals surface area contributed by atoms with E-state index >= 15 is 0 Å². The SMILES string of the molecule is Cc1cc([N+](=O)[O-])ccc1NC1CCCC1CCO. The molecule has 0 aliphatic heterocycles. The Balaban J connectivity index is 2.08. The summed E-state index contributed by atoms with van der Waals surface area (Å²) in [4.78, 5) is 10.3. The lowest BCUT2D eigenvalue weighted by atomic mass is 9.99. The van der Waals surface area contributed by atoms with Crippen LogP contribution in [0.25, 0.3) is 0 Å². The highest BCUT2D eigenvalue weighted by molar-refractivity contribution is 5.56. The van der Waals surface area contributed by atoms with E-state index < -0.39 is 0 Å². The van der Waals surface area contributed by atoms with Gasteiger partial charge in [-0.15, -0.1) is 0 Å². The number of nitrogens with zero attached hydrogens (tertiary/aromatic N) is 1. The molecule has 1 aromatic carbocycles. The summed E-state index contributed by atoms with van der Waals surface area (Å²) in [5.74, 6) is 0.500. The minimum Gasteiger partial charge on any atom is -0.396 e. The third-order valence-electron chi connectivity index (χ3n) is 3.92. The third-order valence-corrected chi connectivity index (χ3v) is 3.92. The number of benzene rings is 1. The van der Waals surface area contributed by atoms with Crippen LogP contribution in [-0.4, -0.2) is 22.7 Å². The van der Waals surface area contributed by atoms with E-state index in [0.717, 1.165) is 30.5 Å². The topological polar surface area (TPSA) is 75.4 Å². The molecule has 0 spiro atoms. The van der Waals surface area contributed by atoms with Crippen molar-refractivity contribution < 1.29 is 10.0 Å². The normalized spacial score (nSPS) is 22.4. The van der Waals surface area contributed by atoms with Crippen molar-refractivity contribution in [3.63, 3.8) is 0 Å². The molecule has 19 heavy (non-hydrogen) atoms. The molecule has 1 saturated carbocycles. The number of aliphatic hydroxyl groups is 1. The zero-order valence-electron chi connectivity index (χ0n) is 11.1. The first-order chi connectivity index (χ1) is 9.11. The quantitative estimate of drug-likeness (QED) is 0.633. The average Bonchev–Trinajstić information content (AvgIpc) is 2.79. The Hall–Kier alpha value is -1.62. The van der Waals surface area contributed by atoms with Crippen molar-refractivity contribution in [2.45, 2.75) is 38.6 Å². The van der Waals surface area contributed by atoms with Crippen LogP contribution in [0.2, 0.25) is 0 Å². The number of nitrogens with one attached hydrogen (secondary N) is 1. The highest BCUT2D eigenvalue weighted by Crippen LogP contribution is 2.32. The number of aliphatic hydroxyl groups excluding tert-OH is 1. The van der Waals surface area contributed by atoms with E-state index in [-0.39, 0.29) is 17.2 Å². The van der Waals surface area contributed by atoms with Crippen LogP contribution in [0, 0.1) is 23.0 Å². The molecule has 1 fully saturated rings. The minimum absolute atomic E-state index is 0.126. The first-order valence-corrected chi connectivity index (χ1v) is 6.74. The van der Waals surface area contributed by atoms with Crippen molar-refractivity contribution in [2.75, 3.05) is 11.9 Å². The van der Waals surface area contributed by atoms with E-state index in [0.29, 0.717) is 12.0 Å². The van der Waals surface area contributed by atoms with Crippen molar-refractivity contribution >= 4 is 11.4 Å². The minimum atomic E-state index is -0.374. The monoisotopic (exact) mass is 264 g/mol. The Morgan fingerprint density at radius 2 is 2.26 bits per heavy atom. The van der Waals surface area contributed by atoms with Gasteiger partial charge in [0.2, 0.25) is 0 Å². The van der Waals surface area contributed by atoms with Crippen molar-refractivity contribution in [3.05, 3.63) is 33.9 Å². The number of anilines is 1. The second kappa shape index (κ2) is 6.02. The predicted molar refractivity (Wildman–Crippen MR) is 74.3 cm³/mol. The molecule has 0 radical (unpaired) electrons. The van der Waals surface area contributed by atoms with E-state index in [2.05, 4.69) is 5.32 Å². The fraction of sp³-hybridized carbons (Fsp3) is 0.571. The Morgan fingerprint density at radius 3 is 2.89 bits per heavy atom. The van der Waals surface area contributed by atoms with Crippen LogP contribution < -0.4 is 5.32 Å². The molecular formula is C14H20N2O3. The molecule has 1 aromatic rings. The van der Waals surface area contributed by atoms with Crippen LogP contribution in [0.15, 0.2) is 18.2 Å². The number of hydrogen-bond acceptors (Lipinski definition) is 4. The van der Waals surface area contributed by atoms with Crippen molar-refractivity contribution in [2.24, 2.45) is 5.92 Å². The maximum absolute atomic E-state index is 10.7. The van der Waals surface area contributed by atoms with Crippen LogP contribution in [0.3, 0.4) is 0 Å². The van der Waals surface area contributed by atoms with E-state index in [9.17, 15) is 10.1 Å². The van der Waals surface area contributed by atoms with Gasteiger partial charge in [-0.25, -0.2) is 0 Å². The first kappa shape index (κ1) is 13.8. The van der Waals surface area contributed by atoms with Crippen LogP contribution in [0.1, 0.15) is 31.2 Å². The molecule has 5 heteroatoms. The second-order valence-electron chi connectivity index (χ2n) is 5.21. The maximum Gasteiger partial charge on any atom is 0.269 e. The number of hydrogen-bond donors (Lipinski definition) is 2. The molecular weight excluding hydrogens is 244 g/mol. The van der Waals surface area contributed by atoms with E-state index in [1.807, 2.05) is 6.92 Å². The highest BCUT2D eigenvalue weighted by Gasteiger charge is 2.27. The molecule has 0 saturated heterocycles. The van der Waals surface area contributed by atoms with Gasteiger partial charge in [-0.3, -0.25) is 10.1 Å². The van der Waals surface area contributed by atoms with Gasteiger partial charge in [-0.05, 0) is 43.7 Å². The maximum atomic E-state index is 10.7. The number of nitro groups is 1. The summed E-state index contributed by atoms with van der Waals surface area (Å²) in [5, 5.41) is 23.2. The van der Waals surface area contributed by atoms with Crippen molar-refractivity contribution in [3.8, 4) is 0 Å². The molecule has 2 N–H and O–H groups in total. The summed E-state index contributed by atoms with van der Waals surface area (Å²) < 4.78 is 0. The lowest BCUT2D eigenvalue weighted by Gasteiger charge is -2.22. The summed E-state index contributed by atoms with van der Waals surface area (Å²) in [5.41, 5.74) is 1.98. The largest absolute Gasteiger partial charge is 0.396 e. The fourth-order valence-corrected chi connectivity index (χ4v) is 2.86. The Kier molecular flexibility index (Phi) is 4.37.